The zero-order valence-electron chi connectivity index (χ0n) is 23.3. The highest BCUT2D eigenvalue weighted by Crippen LogP contribution is 2.74. The van der Waals surface area contributed by atoms with E-state index in [1.807, 2.05) is 140 Å². The van der Waals surface area contributed by atoms with Gasteiger partial charge in [-0.05, 0) is 45.5 Å². The topological polar surface area (TPSA) is 54.5 Å². The van der Waals surface area contributed by atoms with E-state index in [4.69, 9.17) is 0 Å². The number of carbonyl (C=O) groups excluding carboxylic acids is 3. The molecule has 0 radical (unpaired) electrons. The molecular formula is C39H27NO3. The fraction of sp³-hybridized carbons (Fsp3) is 0.103. The van der Waals surface area contributed by atoms with Crippen LogP contribution < -0.4 is 4.90 Å². The molecule has 0 spiro atoms. The Hall–Kier alpha value is -5.35. The maximum atomic E-state index is 15.8. The fourth-order valence-electron chi connectivity index (χ4n) is 8.17. The van der Waals surface area contributed by atoms with Gasteiger partial charge in [-0.3, -0.25) is 14.4 Å². The van der Waals surface area contributed by atoms with Crippen LogP contribution >= 0.6 is 0 Å². The molecule has 206 valence electrons. The van der Waals surface area contributed by atoms with Gasteiger partial charge in [0.05, 0.1) is 28.4 Å². The molecule has 8 rings (SSSR count). The van der Waals surface area contributed by atoms with Crippen molar-refractivity contribution in [1.82, 2.24) is 0 Å². The van der Waals surface area contributed by atoms with E-state index < -0.39 is 22.7 Å². The Balaban J connectivity index is 1.57. The van der Waals surface area contributed by atoms with Crippen LogP contribution in [0.25, 0.3) is 11.1 Å². The van der Waals surface area contributed by atoms with E-state index in [0.717, 1.165) is 33.4 Å². The molecular weight excluding hydrogens is 530 g/mol. The molecule has 0 unspecified atom stereocenters. The Morgan fingerprint density at radius 1 is 0.419 bits per heavy atom. The van der Waals surface area contributed by atoms with Crippen molar-refractivity contribution in [3.63, 3.8) is 0 Å². The van der Waals surface area contributed by atoms with Crippen molar-refractivity contribution in [2.45, 2.75) is 10.8 Å². The molecule has 1 saturated carbocycles. The predicted molar refractivity (Wildman–Crippen MR) is 167 cm³/mol. The zero-order valence-corrected chi connectivity index (χ0v) is 23.3. The maximum Gasteiger partial charge on any atom is 0.239 e. The van der Waals surface area contributed by atoms with Crippen LogP contribution in [0.5, 0.6) is 0 Å². The average Bonchev–Trinajstić information content (AvgIpc) is 3.59. The number of allylic oxidation sites excluding steroid dienone is 2. The maximum absolute atomic E-state index is 15.8. The van der Waals surface area contributed by atoms with Crippen LogP contribution in [0.1, 0.15) is 22.3 Å². The van der Waals surface area contributed by atoms with E-state index in [1.54, 1.807) is 12.1 Å². The number of fused-ring (bicyclic) bond motifs is 5. The first kappa shape index (κ1) is 25.4. The SMILES string of the molecule is O=C1[C@H]2[C@H](C(=O)N1c1ccccc1)[C@]1(c3ccccc3)C(=O)[C@]2(c2ccccc2)C(c2ccccc2)=C1c1ccccc1. The molecule has 1 aliphatic heterocycles. The number of carbonyl (C=O) groups is 3. The van der Waals surface area contributed by atoms with Crippen LogP contribution in [0.2, 0.25) is 0 Å². The lowest BCUT2D eigenvalue weighted by Gasteiger charge is -2.39. The van der Waals surface area contributed by atoms with Gasteiger partial charge in [0.25, 0.3) is 0 Å². The van der Waals surface area contributed by atoms with Gasteiger partial charge in [-0.25, -0.2) is 4.90 Å². The molecule has 0 aromatic heterocycles. The van der Waals surface area contributed by atoms with Crippen LogP contribution in [0.15, 0.2) is 152 Å². The van der Waals surface area contributed by atoms with Gasteiger partial charge in [-0.1, -0.05) is 140 Å². The summed E-state index contributed by atoms with van der Waals surface area (Å²) in [6.07, 6.45) is 0. The van der Waals surface area contributed by atoms with Gasteiger partial charge in [-0.2, -0.15) is 0 Å². The van der Waals surface area contributed by atoms with Gasteiger partial charge in [0.1, 0.15) is 0 Å². The Kier molecular flexibility index (Phi) is 5.51. The average molecular weight is 558 g/mol. The normalized spacial score (nSPS) is 25.9. The van der Waals surface area contributed by atoms with Gasteiger partial charge in [-0.15, -0.1) is 0 Å². The summed E-state index contributed by atoms with van der Waals surface area (Å²) in [4.78, 5) is 46.8. The number of hydrogen-bond acceptors (Lipinski definition) is 3. The molecule has 2 aliphatic carbocycles. The van der Waals surface area contributed by atoms with Crippen LogP contribution in [0, 0.1) is 11.8 Å². The van der Waals surface area contributed by atoms with Crippen molar-refractivity contribution < 1.29 is 14.4 Å². The molecule has 4 atom stereocenters. The monoisotopic (exact) mass is 557 g/mol. The third kappa shape index (κ3) is 3.13. The van der Waals surface area contributed by atoms with Gasteiger partial charge in [0, 0.05) is 0 Å². The van der Waals surface area contributed by atoms with Crippen molar-refractivity contribution in [2.24, 2.45) is 11.8 Å². The molecule has 3 aliphatic rings. The van der Waals surface area contributed by atoms with Crippen molar-refractivity contribution in [2.75, 3.05) is 4.90 Å². The second-order valence-electron chi connectivity index (χ2n) is 11.5. The standard InChI is InChI=1S/C39H27NO3/c41-35-33-34(36(42)40(35)30-24-14-5-15-25-30)39(29-22-12-4-13-23-29)32(27-18-8-2-9-19-27)31(26-16-6-1-7-17-26)38(33,37(39)43)28-20-10-3-11-21-28/h1-25,33-34H/t33-,34-,38-,39-/m1/s1. The summed E-state index contributed by atoms with van der Waals surface area (Å²) in [6.45, 7) is 0. The lowest BCUT2D eigenvalue weighted by Crippen LogP contribution is -2.45. The third-order valence-corrected chi connectivity index (χ3v) is 9.59. The Morgan fingerprint density at radius 3 is 1.12 bits per heavy atom. The Bertz CT molecular complexity index is 1800. The van der Waals surface area contributed by atoms with Crippen molar-refractivity contribution in [3.8, 4) is 0 Å². The number of amides is 2. The molecule has 4 heteroatoms. The number of Topliss-reactive ketones (excluding diaryl/α,β-unsaturated/α-hetero) is 1. The number of ketones is 1. The molecule has 5 aromatic rings. The molecule has 2 amide bonds. The third-order valence-electron chi connectivity index (χ3n) is 9.59. The van der Waals surface area contributed by atoms with Gasteiger partial charge < -0.3 is 0 Å². The molecule has 5 aromatic carbocycles. The summed E-state index contributed by atoms with van der Waals surface area (Å²) in [7, 11) is 0. The minimum Gasteiger partial charge on any atom is -0.297 e. The van der Waals surface area contributed by atoms with E-state index in [0.29, 0.717) is 5.69 Å². The van der Waals surface area contributed by atoms with E-state index in [9.17, 15) is 9.59 Å². The second kappa shape index (κ2) is 9.33. The Morgan fingerprint density at radius 2 is 0.744 bits per heavy atom. The molecule has 0 N–H and O–H groups in total. The van der Waals surface area contributed by atoms with Gasteiger partial charge in [0.2, 0.25) is 11.8 Å². The number of benzene rings is 5. The lowest BCUT2D eigenvalue weighted by atomic mass is 9.59. The largest absolute Gasteiger partial charge is 0.297 e. The van der Waals surface area contributed by atoms with Crippen LogP contribution in [0.3, 0.4) is 0 Å². The molecule has 2 fully saturated rings. The number of para-hydroxylation sites is 1. The van der Waals surface area contributed by atoms with Gasteiger partial charge in [0.15, 0.2) is 5.78 Å². The van der Waals surface area contributed by atoms with E-state index >= 15 is 4.79 Å². The number of nitrogens with zero attached hydrogens (tertiary/aromatic N) is 1. The Labute approximate surface area is 249 Å². The number of rotatable bonds is 5. The predicted octanol–water partition coefficient (Wildman–Crippen LogP) is 6.88. The first-order valence-corrected chi connectivity index (χ1v) is 14.6. The summed E-state index contributed by atoms with van der Waals surface area (Å²) in [5, 5.41) is 0. The number of imide groups is 1. The van der Waals surface area contributed by atoms with Crippen LogP contribution in [-0.4, -0.2) is 17.6 Å². The smallest absolute Gasteiger partial charge is 0.239 e. The van der Waals surface area contributed by atoms with Gasteiger partial charge >= 0.3 is 0 Å². The fourth-order valence-corrected chi connectivity index (χ4v) is 8.17. The molecule has 1 heterocycles. The minimum atomic E-state index is -1.38. The molecule has 43 heavy (non-hydrogen) atoms. The van der Waals surface area contributed by atoms with Crippen molar-refractivity contribution >= 4 is 34.4 Å². The summed E-state index contributed by atoms with van der Waals surface area (Å²) < 4.78 is 0. The summed E-state index contributed by atoms with van der Waals surface area (Å²) in [5.74, 6) is -2.62. The zero-order chi connectivity index (χ0) is 29.2. The van der Waals surface area contributed by atoms with Crippen molar-refractivity contribution in [1.29, 1.82) is 0 Å². The summed E-state index contributed by atoms with van der Waals surface area (Å²) in [5.41, 5.74) is 2.56. The number of anilines is 1. The summed E-state index contributed by atoms with van der Waals surface area (Å²) in [6, 6.07) is 48.1. The minimum absolute atomic E-state index is 0.112. The first-order chi connectivity index (χ1) is 21.1. The summed E-state index contributed by atoms with van der Waals surface area (Å²) >= 11 is 0. The van der Waals surface area contributed by atoms with Crippen LogP contribution in [-0.2, 0) is 25.2 Å². The number of hydrogen-bond donors (Lipinski definition) is 0. The molecule has 2 bridgehead atoms. The van der Waals surface area contributed by atoms with E-state index in [-0.39, 0.29) is 17.6 Å². The lowest BCUT2D eigenvalue weighted by molar-refractivity contribution is -0.130. The highest BCUT2D eigenvalue weighted by atomic mass is 16.2. The van der Waals surface area contributed by atoms with E-state index in [1.165, 1.54) is 4.90 Å². The molecule has 4 nitrogen and oxygen atoms in total. The second-order valence-corrected chi connectivity index (χ2v) is 11.5. The quantitative estimate of drug-likeness (QED) is 0.222. The first-order valence-electron chi connectivity index (χ1n) is 14.6. The van der Waals surface area contributed by atoms with Crippen LogP contribution in [0.4, 0.5) is 5.69 Å². The molecule has 1 saturated heterocycles. The highest BCUT2D eigenvalue weighted by Gasteiger charge is 2.82. The van der Waals surface area contributed by atoms with Crippen molar-refractivity contribution in [3.05, 3.63) is 174 Å². The van der Waals surface area contributed by atoms with E-state index in [2.05, 4.69) is 0 Å². The highest BCUT2D eigenvalue weighted by molar-refractivity contribution is 6.39.